The molecule has 1 aliphatic rings. The Morgan fingerprint density at radius 2 is 2.33 bits per heavy atom. The van der Waals surface area contributed by atoms with Gasteiger partial charge < -0.3 is 5.32 Å². The lowest BCUT2D eigenvalue weighted by molar-refractivity contribution is 0.561. The number of hydrogen-bond acceptors (Lipinski definition) is 1. The average Bonchev–Trinajstić information content (AvgIpc) is 2.16. The van der Waals surface area contributed by atoms with Crippen LogP contribution in [0.2, 0.25) is 0 Å². The SMILES string of the molecule is CCC(C)NCC1=CCCC=C1. The zero-order valence-electron chi connectivity index (χ0n) is 8.14. The number of allylic oxidation sites excluding steroid dienone is 2. The van der Waals surface area contributed by atoms with Gasteiger partial charge in [-0.2, -0.15) is 0 Å². The monoisotopic (exact) mass is 165 g/mol. The van der Waals surface area contributed by atoms with Crippen LogP contribution >= 0.6 is 0 Å². The molecule has 0 saturated heterocycles. The molecule has 1 atom stereocenters. The highest BCUT2D eigenvalue weighted by molar-refractivity contribution is 5.23. The van der Waals surface area contributed by atoms with Gasteiger partial charge in [-0.3, -0.25) is 0 Å². The van der Waals surface area contributed by atoms with Crippen molar-refractivity contribution >= 4 is 0 Å². The van der Waals surface area contributed by atoms with Gasteiger partial charge in [0.2, 0.25) is 0 Å². The largest absolute Gasteiger partial charge is 0.310 e. The van der Waals surface area contributed by atoms with E-state index < -0.39 is 0 Å². The van der Waals surface area contributed by atoms with E-state index in [2.05, 4.69) is 37.4 Å². The van der Waals surface area contributed by atoms with Crippen molar-refractivity contribution in [1.29, 1.82) is 0 Å². The lowest BCUT2D eigenvalue weighted by atomic mass is 10.1. The van der Waals surface area contributed by atoms with Crippen molar-refractivity contribution in [2.45, 2.75) is 39.2 Å². The topological polar surface area (TPSA) is 12.0 Å². The molecular weight excluding hydrogens is 146 g/mol. The Kier molecular flexibility index (Phi) is 4.09. The van der Waals surface area contributed by atoms with E-state index in [0.29, 0.717) is 6.04 Å². The van der Waals surface area contributed by atoms with Crippen molar-refractivity contribution in [1.82, 2.24) is 5.32 Å². The van der Waals surface area contributed by atoms with E-state index in [1.165, 1.54) is 24.8 Å². The van der Waals surface area contributed by atoms with Gasteiger partial charge in [0, 0.05) is 12.6 Å². The first kappa shape index (κ1) is 9.53. The van der Waals surface area contributed by atoms with Crippen LogP contribution in [0.25, 0.3) is 0 Å². The van der Waals surface area contributed by atoms with Crippen LogP contribution in [0.1, 0.15) is 33.1 Å². The molecule has 0 spiro atoms. The first-order chi connectivity index (χ1) is 5.83. The Labute approximate surface area is 75.6 Å². The van der Waals surface area contributed by atoms with Crippen LogP contribution in [0, 0.1) is 0 Å². The lowest BCUT2D eigenvalue weighted by Gasteiger charge is -2.13. The molecule has 0 saturated carbocycles. The van der Waals surface area contributed by atoms with Gasteiger partial charge in [-0.05, 0) is 31.8 Å². The Bertz CT molecular complexity index is 179. The van der Waals surface area contributed by atoms with E-state index >= 15 is 0 Å². The molecule has 0 heterocycles. The molecule has 0 aromatic carbocycles. The van der Waals surface area contributed by atoms with Gasteiger partial charge in [0.25, 0.3) is 0 Å². The predicted molar refractivity (Wildman–Crippen MR) is 54.2 cm³/mol. The standard InChI is InChI=1S/C11H19N/c1-3-10(2)12-9-11-7-5-4-6-8-11/h5,7-8,10,12H,3-4,6,9H2,1-2H3. The molecule has 0 amide bonds. The van der Waals surface area contributed by atoms with Gasteiger partial charge in [-0.15, -0.1) is 0 Å². The minimum absolute atomic E-state index is 0.640. The van der Waals surface area contributed by atoms with Gasteiger partial charge in [-0.1, -0.05) is 25.2 Å². The molecule has 1 heteroatoms. The second-order valence-corrected chi connectivity index (χ2v) is 3.45. The van der Waals surface area contributed by atoms with E-state index in [9.17, 15) is 0 Å². The van der Waals surface area contributed by atoms with Crippen molar-refractivity contribution in [2.24, 2.45) is 0 Å². The molecule has 12 heavy (non-hydrogen) atoms. The van der Waals surface area contributed by atoms with Crippen LogP contribution < -0.4 is 5.32 Å². The summed E-state index contributed by atoms with van der Waals surface area (Å²) in [6, 6.07) is 0.640. The molecule has 0 aromatic heterocycles. The van der Waals surface area contributed by atoms with Gasteiger partial charge in [0.1, 0.15) is 0 Å². The summed E-state index contributed by atoms with van der Waals surface area (Å²) in [6.45, 7) is 5.47. The summed E-state index contributed by atoms with van der Waals surface area (Å²) in [6.07, 6.45) is 10.5. The van der Waals surface area contributed by atoms with E-state index in [1.54, 1.807) is 0 Å². The van der Waals surface area contributed by atoms with Crippen molar-refractivity contribution in [2.75, 3.05) is 6.54 Å². The Morgan fingerprint density at radius 3 is 2.92 bits per heavy atom. The van der Waals surface area contributed by atoms with Crippen molar-refractivity contribution < 1.29 is 0 Å². The summed E-state index contributed by atoms with van der Waals surface area (Å²) in [5, 5.41) is 3.48. The summed E-state index contributed by atoms with van der Waals surface area (Å²) >= 11 is 0. The fourth-order valence-electron chi connectivity index (χ4n) is 1.24. The van der Waals surface area contributed by atoms with E-state index in [4.69, 9.17) is 0 Å². The maximum atomic E-state index is 3.48. The molecule has 0 bridgehead atoms. The van der Waals surface area contributed by atoms with Crippen molar-refractivity contribution in [3.05, 3.63) is 23.8 Å². The molecular formula is C11H19N. The van der Waals surface area contributed by atoms with E-state index in [1.807, 2.05) is 0 Å². The quantitative estimate of drug-likeness (QED) is 0.675. The highest BCUT2D eigenvalue weighted by Crippen LogP contribution is 2.08. The highest BCUT2D eigenvalue weighted by atomic mass is 14.9. The minimum atomic E-state index is 0.640. The van der Waals surface area contributed by atoms with E-state index in [-0.39, 0.29) is 0 Å². The van der Waals surface area contributed by atoms with Crippen molar-refractivity contribution in [3.63, 3.8) is 0 Å². The van der Waals surface area contributed by atoms with Crippen LogP contribution in [0.3, 0.4) is 0 Å². The molecule has 1 unspecified atom stereocenters. The van der Waals surface area contributed by atoms with Crippen LogP contribution in [-0.2, 0) is 0 Å². The average molecular weight is 165 g/mol. The highest BCUT2D eigenvalue weighted by Gasteiger charge is 1.99. The fourth-order valence-corrected chi connectivity index (χ4v) is 1.24. The zero-order valence-corrected chi connectivity index (χ0v) is 8.14. The molecule has 1 rings (SSSR count). The zero-order chi connectivity index (χ0) is 8.81. The van der Waals surface area contributed by atoms with Crippen molar-refractivity contribution in [3.8, 4) is 0 Å². The van der Waals surface area contributed by atoms with Crippen LogP contribution in [0.5, 0.6) is 0 Å². The maximum Gasteiger partial charge on any atom is 0.0204 e. The first-order valence-electron chi connectivity index (χ1n) is 4.92. The minimum Gasteiger partial charge on any atom is -0.310 e. The summed E-state index contributed by atoms with van der Waals surface area (Å²) in [5.74, 6) is 0. The molecule has 1 N–H and O–H groups in total. The third-order valence-corrected chi connectivity index (χ3v) is 2.34. The maximum absolute atomic E-state index is 3.48. The van der Waals surface area contributed by atoms with Crippen LogP contribution in [0.15, 0.2) is 23.8 Å². The summed E-state index contributed by atoms with van der Waals surface area (Å²) in [5.41, 5.74) is 1.45. The number of nitrogens with one attached hydrogen (secondary N) is 1. The lowest BCUT2D eigenvalue weighted by Crippen LogP contribution is -2.27. The molecule has 0 aromatic rings. The second-order valence-electron chi connectivity index (χ2n) is 3.45. The second kappa shape index (κ2) is 5.15. The van der Waals surface area contributed by atoms with Gasteiger partial charge in [0.15, 0.2) is 0 Å². The molecule has 0 fully saturated rings. The van der Waals surface area contributed by atoms with Gasteiger partial charge in [-0.25, -0.2) is 0 Å². The first-order valence-corrected chi connectivity index (χ1v) is 4.92. The fraction of sp³-hybridized carbons (Fsp3) is 0.636. The van der Waals surface area contributed by atoms with Gasteiger partial charge in [0.05, 0.1) is 0 Å². The smallest absolute Gasteiger partial charge is 0.0204 e. The summed E-state index contributed by atoms with van der Waals surface area (Å²) in [4.78, 5) is 0. The van der Waals surface area contributed by atoms with Crippen LogP contribution in [0.4, 0.5) is 0 Å². The normalized spacial score (nSPS) is 19.0. The Morgan fingerprint density at radius 1 is 1.50 bits per heavy atom. The molecule has 68 valence electrons. The summed E-state index contributed by atoms with van der Waals surface area (Å²) < 4.78 is 0. The molecule has 0 radical (unpaired) electrons. The third kappa shape index (κ3) is 3.22. The Hall–Kier alpha value is -0.560. The predicted octanol–water partition coefficient (Wildman–Crippen LogP) is 2.65. The summed E-state index contributed by atoms with van der Waals surface area (Å²) in [7, 11) is 0. The number of hydrogen-bond donors (Lipinski definition) is 1. The number of rotatable bonds is 4. The third-order valence-electron chi connectivity index (χ3n) is 2.34. The molecule has 0 aliphatic heterocycles. The van der Waals surface area contributed by atoms with E-state index in [0.717, 1.165) is 6.54 Å². The molecule has 1 aliphatic carbocycles. The van der Waals surface area contributed by atoms with Gasteiger partial charge >= 0.3 is 0 Å². The van der Waals surface area contributed by atoms with Crippen LogP contribution in [-0.4, -0.2) is 12.6 Å². The molecule has 1 nitrogen and oxygen atoms in total. The Balaban J connectivity index is 2.22.